The maximum absolute atomic E-state index is 11.3. The Labute approximate surface area is 123 Å². The minimum Gasteiger partial charge on any atom is -0.389 e. The van der Waals surface area contributed by atoms with Gasteiger partial charge in [0.15, 0.2) is 5.16 Å². The summed E-state index contributed by atoms with van der Waals surface area (Å²) in [4.78, 5) is 26.7. The molecule has 0 aliphatic carbocycles. The van der Waals surface area contributed by atoms with Crippen LogP contribution in [-0.4, -0.2) is 19.9 Å². The Morgan fingerprint density at radius 3 is 2.75 bits per heavy atom. The maximum Gasteiger partial charge on any atom is 0.339 e. The van der Waals surface area contributed by atoms with Crippen LogP contribution in [0, 0.1) is 0 Å². The summed E-state index contributed by atoms with van der Waals surface area (Å²) in [7, 11) is 1.58. The number of hydrogen-bond acceptors (Lipinski definition) is 5. The molecule has 0 saturated carbocycles. The van der Waals surface area contributed by atoms with E-state index in [0.717, 1.165) is 11.8 Å². The van der Waals surface area contributed by atoms with Gasteiger partial charge in [0, 0.05) is 11.9 Å². The number of aromatic nitrogens is 3. The van der Waals surface area contributed by atoms with E-state index in [1.807, 2.05) is 0 Å². The van der Waals surface area contributed by atoms with Crippen LogP contribution in [0.5, 0.6) is 0 Å². The third-order valence-corrected chi connectivity index (χ3v) is 4.14. The van der Waals surface area contributed by atoms with Gasteiger partial charge in [-0.3, -0.25) is 19.4 Å². The van der Waals surface area contributed by atoms with Crippen LogP contribution in [0.3, 0.4) is 0 Å². The molecule has 1 atom stereocenters. The lowest BCUT2D eigenvalue weighted by Gasteiger charge is -2.10. The molecule has 0 bridgehead atoms. The lowest BCUT2D eigenvalue weighted by atomic mass is 10.1. The molecule has 0 saturated heterocycles. The third-order valence-electron chi connectivity index (χ3n) is 2.59. The number of nitrogens with one attached hydrogen (secondary N) is 1. The largest absolute Gasteiger partial charge is 0.389 e. The lowest BCUT2D eigenvalue weighted by Crippen LogP contribution is -2.33. The van der Waals surface area contributed by atoms with Crippen LogP contribution in [0.15, 0.2) is 37.8 Å². The molecule has 2 aromatic rings. The van der Waals surface area contributed by atoms with Crippen LogP contribution in [0.25, 0.3) is 0 Å². The molecule has 8 heteroatoms. The van der Waals surface area contributed by atoms with Crippen molar-refractivity contribution in [2.24, 2.45) is 7.05 Å². The summed E-state index contributed by atoms with van der Waals surface area (Å²) < 4.78 is 1.35. The number of benzene rings is 1. The van der Waals surface area contributed by atoms with Crippen molar-refractivity contribution in [3.05, 3.63) is 49.5 Å². The van der Waals surface area contributed by atoms with Crippen LogP contribution < -0.4 is 11.1 Å². The quantitative estimate of drug-likeness (QED) is 0.835. The molecular formula is C12H12ClN3O3S. The van der Waals surface area contributed by atoms with Gasteiger partial charge in [-0.1, -0.05) is 17.7 Å². The number of aliphatic hydroxyl groups is 1. The number of halogens is 1. The molecule has 2 N–H and O–H groups in total. The molecule has 0 amide bonds. The Kier molecular flexibility index (Phi) is 4.32. The second-order valence-corrected chi connectivity index (χ2v) is 5.58. The van der Waals surface area contributed by atoms with E-state index in [1.165, 1.54) is 4.68 Å². The second-order valence-electron chi connectivity index (χ2n) is 4.17. The van der Waals surface area contributed by atoms with Gasteiger partial charge in [-0.15, -0.1) is 0 Å². The van der Waals surface area contributed by atoms with Gasteiger partial charge in [-0.2, -0.15) is 4.98 Å². The summed E-state index contributed by atoms with van der Waals surface area (Å²) in [6.07, 6.45) is -0.609. The van der Waals surface area contributed by atoms with E-state index >= 15 is 0 Å². The predicted molar refractivity (Wildman–Crippen MR) is 76.3 cm³/mol. The summed E-state index contributed by atoms with van der Waals surface area (Å²) in [5.41, 5.74) is -0.919. The number of rotatable bonds is 3. The standard InChI is InChI=1S/C12H12ClN3O3S/c1-6(17)7-3-4-9(8(13)5-7)20-12-14-10(18)11(19)15-16(12)2/h3-6,17H,1-2H3,(H,15,19). The number of nitrogens with zero attached hydrogens (tertiary/aromatic N) is 2. The highest BCUT2D eigenvalue weighted by molar-refractivity contribution is 7.99. The summed E-state index contributed by atoms with van der Waals surface area (Å²) in [5, 5.41) is 12.6. The molecule has 1 heterocycles. The average molecular weight is 314 g/mol. The molecule has 1 unspecified atom stereocenters. The van der Waals surface area contributed by atoms with Gasteiger partial charge in [-0.05, 0) is 36.4 Å². The first-order chi connectivity index (χ1) is 9.38. The molecule has 0 aliphatic rings. The van der Waals surface area contributed by atoms with E-state index < -0.39 is 17.2 Å². The molecule has 0 radical (unpaired) electrons. The molecule has 0 fully saturated rings. The van der Waals surface area contributed by atoms with Crippen molar-refractivity contribution in [3.8, 4) is 0 Å². The van der Waals surface area contributed by atoms with Crippen molar-refractivity contribution in [2.45, 2.75) is 23.1 Å². The smallest absolute Gasteiger partial charge is 0.339 e. The van der Waals surface area contributed by atoms with Crippen molar-refractivity contribution >= 4 is 23.4 Å². The van der Waals surface area contributed by atoms with E-state index in [-0.39, 0.29) is 0 Å². The summed E-state index contributed by atoms with van der Waals surface area (Å²) in [6, 6.07) is 5.12. The van der Waals surface area contributed by atoms with Gasteiger partial charge in [0.2, 0.25) is 0 Å². The fourth-order valence-corrected chi connectivity index (χ4v) is 2.62. The third kappa shape index (κ3) is 3.12. The minimum absolute atomic E-state index is 0.321. The molecule has 0 aliphatic heterocycles. The molecular weight excluding hydrogens is 302 g/mol. The SMILES string of the molecule is CC(O)c1ccc(Sc2nc(=O)c(=O)[nH]n2C)c(Cl)c1. The van der Waals surface area contributed by atoms with Crippen molar-refractivity contribution in [1.29, 1.82) is 0 Å². The molecule has 1 aromatic heterocycles. The lowest BCUT2D eigenvalue weighted by molar-refractivity contribution is 0.199. The highest BCUT2D eigenvalue weighted by Gasteiger charge is 2.10. The Morgan fingerprint density at radius 1 is 1.45 bits per heavy atom. The average Bonchev–Trinajstić information content (AvgIpc) is 2.37. The maximum atomic E-state index is 11.3. The van der Waals surface area contributed by atoms with Crippen molar-refractivity contribution in [3.63, 3.8) is 0 Å². The predicted octanol–water partition coefficient (Wildman–Crippen LogP) is 1.33. The van der Waals surface area contributed by atoms with Gasteiger partial charge >= 0.3 is 11.1 Å². The van der Waals surface area contributed by atoms with Crippen LogP contribution in [0.1, 0.15) is 18.6 Å². The van der Waals surface area contributed by atoms with Crippen LogP contribution in [-0.2, 0) is 7.05 Å². The second kappa shape index (κ2) is 5.82. The zero-order valence-corrected chi connectivity index (χ0v) is 12.3. The van der Waals surface area contributed by atoms with E-state index in [2.05, 4.69) is 10.1 Å². The van der Waals surface area contributed by atoms with Crippen LogP contribution >= 0.6 is 23.4 Å². The van der Waals surface area contributed by atoms with E-state index in [4.69, 9.17) is 11.6 Å². The van der Waals surface area contributed by atoms with Crippen LogP contribution in [0.4, 0.5) is 0 Å². The molecule has 1 aromatic carbocycles. The first-order valence-corrected chi connectivity index (χ1v) is 6.90. The van der Waals surface area contributed by atoms with Crippen LogP contribution in [0.2, 0.25) is 5.02 Å². The minimum atomic E-state index is -0.845. The summed E-state index contributed by atoms with van der Waals surface area (Å²) >= 11 is 7.28. The van der Waals surface area contributed by atoms with E-state index in [9.17, 15) is 14.7 Å². The monoisotopic (exact) mass is 313 g/mol. The molecule has 20 heavy (non-hydrogen) atoms. The van der Waals surface area contributed by atoms with Gasteiger partial charge in [0.25, 0.3) is 0 Å². The van der Waals surface area contributed by atoms with Crippen molar-refractivity contribution < 1.29 is 5.11 Å². The Morgan fingerprint density at radius 2 is 2.15 bits per heavy atom. The van der Waals surface area contributed by atoms with Gasteiger partial charge in [0.05, 0.1) is 11.1 Å². The highest BCUT2D eigenvalue weighted by Crippen LogP contribution is 2.32. The number of H-pyrrole nitrogens is 1. The van der Waals surface area contributed by atoms with Gasteiger partial charge in [0.1, 0.15) is 0 Å². The number of aliphatic hydroxyl groups excluding tert-OH is 1. The number of aryl methyl sites for hydroxylation is 1. The zero-order valence-electron chi connectivity index (χ0n) is 10.8. The topological polar surface area (TPSA) is 88.0 Å². The number of hydrogen-bond donors (Lipinski definition) is 2. The Hall–Kier alpha value is -1.57. The Bertz CT molecular complexity index is 754. The first-order valence-electron chi connectivity index (χ1n) is 5.71. The molecule has 6 nitrogen and oxygen atoms in total. The fraction of sp³-hybridized carbons (Fsp3) is 0.250. The van der Waals surface area contributed by atoms with E-state index in [1.54, 1.807) is 32.2 Å². The summed E-state index contributed by atoms with van der Waals surface area (Å²) in [5.74, 6) is 0. The summed E-state index contributed by atoms with van der Waals surface area (Å²) in [6.45, 7) is 1.64. The zero-order chi connectivity index (χ0) is 14.9. The Balaban J connectivity index is 2.38. The van der Waals surface area contributed by atoms with Crippen molar-refractivity contribution in [1.82, 2.24) is 14.8 Å². The molecule has 106 valence electrons. The number of aromatic amines is 1. The van der Waals surface area contributed by atoms with Gasteiger partial charge in [-0.25, -0.2) is 0 Å². The normalized spacial score (nSPS) is 12.4. The fourth-order valence-electron chi connectivity index (χ4n) is 1.51. The molecule has 0 spiro atoms. The van der Waals surface area contributed by atoms with E-state index in [0.29, 0.717) is 20.6 Å². The van der Waals surface area contributed by atoms with Crippen molar-refractivity contribution in [2.75, 3.05) is 0 Å². The van der Waals surface area contributed by atoms with Gasteiger partial charge < -0.3 is 5.11 Å². The highest BCUT2D eigenvalue weighted by atomic mass is 35.5. The molecule has 2 rings (SSSR count). The first kappa shape index (κ1) is 14.8.